The molecule has 2 unspecified atom stereocenters. The molecule has 5 atom stereocenters. The van der Waals surface area contributed by atoms with E-state index in [0.29, 0.717) is 12.6 Å². The lowest BCUT2D eigenvalue weighted by molar-refractivity contribution is -0.145. The van der Waals surface area contributed by atoms with Gasteiger partial charge in [0.25, 0.3) is 0 Å². The molecule has 5 N–H and O–H groups in total. The summed E-state index contributed by atoms with van der Waals surface area (Å²) in [5, 5.41) is 22.4. The van der Waals surface area contributed by atoms with Crippen LogP contribution < -0.4 is 16.0 Å². The number of hydrogen-bond donors (Lipinski definition) is 5. The van der Waals surface area contributed by atoms with E-state index in [1.165, 1.54) is 35.6 Å². The Hall–Kier alpha value is -4.09. The Bertz CT molecular complexity index is 1740. The maximum atomic E-state index is 13.6. The fourth-order valence-electron chi connectivity index (χ4n) is 7.19. The number of nitrogens with zero attached hydrogens (tertiary/aromatic N) is 3. The number of nitrogens with one attached hydrogen (secondary N) is 4. The Morgan fingerprint density at radius 3 is 2.45 bits per heavy atom. The van der Waals surface area contributed by atoms with Crippen LogP contribution >= 0.6 is 0 Å². The average molecular weight is 636 g/mol. The van der Waals surface area contributed by atoms with Crippen LogP contribution in [0.15, 0.2) is 71.9 Å². The summed E-state index contributed by atoms with van der Waals surface area (Å²) in [6.07, 6.45) is 4.77. The molecule has 3 aliphatic rings. The molecule has 1 amide bonds. The van der Waals surface area contributed by atoms with Crippen molar-refractivity contribution in [3.63, 3.8) is 0 Å². The molecule has 0 radical (unpaired) electrons. The van der Waals surface area contributed by atoms with Crippen LogP contribution in [0.2, 0.25) is 0 Å². The number of likely N-dealkylation sites (tertiary alicyclic amines) is 1. The summed E-state index contributed by atoms with van der Waals surface area (Å²) >= 11 is 0. The van der Waals surface area contributed by atoms with Crippen LogP contribution in [-0.4, -0.2) is 77.0 Å². The van der Waals surface area contributed by atoms with E-state index < -0.39 is 12.5 Å². The first-order valence-corrected chi connectivity index (χ1v) is 16.9. The number of carbonyl (C=O) groups is 1. The highest BCUT2D eigenvalue weighted by atomic mass is 16.6. The van der Waals surface area contributed by atoms with E-state index >= 15 is 0 Å². The van der Waals surface area contributed by atoms with Gasteiger partial charge in [-0.2, -0.15) is 0 Å². The lowest BCUT2D eigenvalue weighted by Gasteiger charge is -2.31. The number of ether oxygens (including phenoxy) is 1. The minimum absolute atomic E-state index is 0.0185. The second-order valence-corrected chi connectivity index (χ2v) is 13.3. The van der Waals surface area contributed by atoms with E-state index in [1.807, 2.05) is 24.9 Å². The fraction of sp³-hybridized carbons (Fsp3) is 0.432. The third-order valence-corrected chi connectivity index (χ3v) is 9.88. The number of aliphatic hydroxyl groups is 1. The van der Waals surface area contributed by atoms with Crippen molar-refractivity contribution in [2.45, 2.75) is 70.1 Å². The van der Waals surface area contributed by atoms with Gasteiger partial charge in [-0.05, 0) is 77.7 Å². The smallest absolute Gasteiger partial charge is 0.240 e. The first kappa shape index (κ1) is 31.5. The quantitative estimate of drug-likeness (QED) is 0.157. The van der Waals surface area contributed by atoms with Crippen LogP contribution in [-0.2, 0) is 9.53 Å². The Labute approximate surface area is 276 Å². The summed E-state index contributed by atoms with van der Waals surface area (Å²) in [4.78, 5) is 28.4. The van der Waals surface area contributed by atoms with Crippen molar-refractivity contribution >= 4 is 22.5 Å². The zero-order valence-electron chi connectivity index (χ0n) is 27.4. The van der Waals surface area contributed by atoms with Gasteiger partial charge in [-0.1, -0.05) is 62.4 Å². The number of aromatic amines is 1. The number of imidazole rings is 1. The number of methoxy groups -OCH3 is 1. The number of rotatable bonds is 10. The van der Waals surface area contributed by atoms with Gasteiger partial charge in [0.05, 0.1) is 42.6 Å². The molecule has 0 aliphatic carbocycles. The van der Waals surface area contributed by atoms with E-state index in [-0.39, 0.29) is 23.9 Å². The van der Waals surface area contributed by atoms with Gasteiger partial charge in [-0.15, -0.1) is 0 Å². The van der Waals surface area contributed by atoms with Gasteiger partial charge in [0.2, 0.25) is 12.3 Å². The van der Waals surface area contributed by atoms with Crippen LogP contribution in [0.1, 0.15) is 63.0 Å². The number of amidine groups is 1. The Kier molecular flexibility index (Phi) is 9.09. The number of aromatic nitrogens is 2. The van der Waals surface area contributed by atoms with E-state index in [4.69, 9.17) is 14.7 Å². The maximum absolute atomic E-state index is 13.6. The van der Waals surface area contributed by atoms with Crippen LogP contribution in [0.4, 0.5) is 0 Å². The summed E-state index contributed by atoms with van der Waals surface area (Å²) in [5.41, 5.74) is 5.61. The molecule has 7 rings (SSSR count). The van der Waals surface area contributed by atoms with Crippen molar-refractivity contribution in [2.24, 2.45) is 10.9 Å². The molecule has 0 bridgehead atoms. The Morgan fingerprint density at radius 2 is 1.72 bits per heavy atom. The molecule has 2 fully saturated rings. The molecule has 3 aromatic carbocycles. The minimum Gasteiger partial charge on any atom is -0.364 e. The maximum Gasteiger partial charge on any atom is 0.240 e. The first-order valence-electron chi connectivity index (χ1n) is 16.9. The number of fused-ring (bicyclic) bond motifs is 1. The second kappa shape index (κ2) is 13.6. The molecule has 3 aliphatic heterocycles. The van der Waals surface area contributed by atoms with Crippen molar-refractivity contribution < 1.29 is 14.6 Å². The summed E-state index contributed by atoms with van der Waals surface area (Å²) in [7, 11) is 1.40. The lowest BCUT2D eigenvalue weighted by Crippen LogP contribution is -2.52. The Morgan fingerprint density at radius 1 is 0.979 bits per heavy atom. The van der Waals surface area contributed by atoms with Gasteiger partial charge >= 0.3 is 0 Å². The monoisotopic (exact) mass is 635 g/mol. The molecule has 0 spiro atoms. The molecule has 246 valence electrons. The Balaban J connectivity index is 1.03. The second-order valence-electron chi connectivity index (χ2n) is 13.3. The van der Waals surface area contributed by atoms with Crippen LogP contribution in [0.3, 0.4) is 0 Å². The SMILES string of the molecule is COC(O)N[C@H](C(=O)N1CCC[C@H]1c1ncc(-c2ccc3cc(-c4ccc(C5CN=C([C@@H]6CCCN6)N5)cc4)ccc3c2)[nH]1)C(C)C. The van der Waals surface area contributed by atoms with Gasteiger partial charge in [-0.25, -0.2) is 4.98 Å². The van der Waals surface area contributed by atoms with E-state index in [9.17, 15) is 9.90 Å². The van der Waals surface area contributed by atoms with E-state index in [0.717, 1.165) is 60.7 Å². The number of hydrogen-bond acceptors (Lipinski definition) is 8. The third-order valence-electron chi connectivity index (χ3n) is 9.88. The highest BCUT2D eigenvalue weighted by Crippen LogP contribution is 2.34. The highest BCUT2D eigenvalue weighted by molar-refractivity contribution is 5.91. The molecule has 10 nitrogen and oxygen atoms in total. The molecule has 47 heavy (non-hydrogen) atoms. The normalized spacial score (nSPS) is 22.5. The lowest BCUT2D eigenvalue weighted by atomic mass is 9.97. The average Bonchev–Trinajstić information content (AvgIpc) is 3.93. The number of aliphatic hydroxyl groups excluding tert-OH is 1. The van der Waals surface area contributed by atoms with Gasteiger partial charge in [0, 0.05) is 19.2 Å². The van der Waals surface area contributed by atoms with Gasteiger partial charge in [0.15, 0.2) is 0 Å². The van der Waals surface area contributed by atoms with Crippen molar-refractivity contribution in [1.82, 2.24) is 30.8 Å². The van der Waals surface area contributed by atoms with Gasteiger partial charge < -0.3 is 30.4 Å². The fourth-order valence-corrected chi connectivity index (χ4v) is 7.19. The van der Waals surface area contributed by atoms with Crippen molar-refractivity contribution in [3.05, 3.63) is 78.2 Å². The summed E-state index contributed by atoms with van der Waals surface area (Å²) in [6.45, 7) is 6.43. The van der Waals surface area contributed by atoms with Crippen LogP contribution in [0, 0.1) is 5.92 Å². The van der Waals surface area contributed by atoms with E-state index in [2.05, 4.69) is 81.6 Å². The third kappa shape index (κ3) is 6.56. The van der Waals surface area contributed by atoms with Gasteiger partial charge in [0.1, 0.15) is 11.7 Å². The largest absolute Gasteiger partial charge is 0.364 e. The zero-order chi connectivity index (χ0) is 32.5. The van der Waals surface area contributed by atoms with Crippen LogP contribution in [0.5, 0.6) is 0 Å². The zero-order valence-corrected chi connectivity index (χ0v) is 27.4. The van der Waals surface area contributed by atoms with Gasteiger partial charge in [-0.3, -0.25) is 15.1 Å². The molecule has 2 saturated heterocycles. The first-order chi connectivity index (χ1) is 22.9. The molecule has 10 heteroatoms. The predicted octanol–water partition coefficient (Wildman–Crippen LogP) is 4.89. The minimum atomic E-state index is -1.20. The molecular weight excluding hydrogens is 590 g/mol. The molecule has 1 aromatic heterocycles. The molecule has 4 aromatic rings. The molecule has 0 saturated carbocycles. The van der Waals surface area contributed by atoms with Crippen LogP contribution in [0.25, 0.3) is 33.2 Å². The molecular formula is C37H45N7O3. The highest BCUT2D eigenvalue weighted by Gasteiger charge is 2.37. The number of H-pyrrole nitrogens is 1. The van der Waals surface area contributed by atoms with Crippen molar-refractivity contribution in [1.29, 1.82) is 0 Å². The predicted molar refractivity (Wildman–Crippen MR) is 185 cm³/mol. The van der Waals surface area contributed by atoms with E-state index in [1.54, 1.807) is 0 Å². The van der Waals surface area contributed by atoms with Crippen molar-refractivity contribution in [3.8, 4) is 22.4 Å². The number of carbonyl (C=O) groups excluding carboxylic acids is 1. The summed E-state index contributed by atoms with van der Waals surface area (Å²) in [6, 6.07) is 21.8. The summed E-state index contributed by atoms with van der Waals surface area (Å²) in [5.74, 6) is 1.82. The topological polar surface area (TPSA) is 127 Å². The summed E-state index contributed by atoms with van der Waals surface area (Å²) < 4.78 is 4.95. The van der Waals surface area contributed by atoms with Crippen molar-refractivity contribution in [2.75, 3.05) is 26.7 Å². The standard InChI is InChI=1S/C37H45N7O3/c1-22(2)33(43-37(46)47-3)36(45)44-17-5-7-32(44)35-40-21-31(42-35)28-15-14-26-18-25(12-13-27(26)19-28)23-8-10-24(11-9-23)30-20-39-34(41-30)29-6-4-16-38-29/h8-15,18-19,21-22,29-30,32-33,37-38,43,46H,4-7,16-17,20H2,1-3H3,(H,39,41)(H,40,42)/t29-,30?,32-,33-,37?/m0/s1. The number of benzene rings is 3. The number of aliphatic imine (C=N–C) groups is 1. The molecule has 4 heterocycles. The number of amides is 1.